The SMILES string of the molecule is CCOc1ccc(C(=O)N2CCCC(NC)C2)cc1. The van der Waals surface area contributed by atoms with Crippen LogP contribution < -0.4 is 10.1 Å². The lowest BCUT2D eigenvalue weighted by atomic mass is 10.0. The van der Waals surface area contributed by atoms with Crippen LogP contribution in [-0.2, 0) is 0 Å². The maximum Gasteiger partial charge on any atom is 0.253 e. The van der Waals surface area contributed by atoms with Crippen LogP contribution in [-0.4, -0.2) is 43.6 Å². The van der Waals surface area contributed by atoms with Crippen molar-refractivity contribution in [2.24, 2.45) is 0 Å². The average Bonchev–Trinajstić information content (AvgIpc) is 2.48. The van der Waals surface area contributed by atoms with Crippen molar-refractivity contribution in [1.82, 2.24) is 10.2 Å². The number of hydrogen-bond donors (Lipinski definition) is 1. The predicted molar refractivity (Wildman–Crippen MR) is 75.6 cm³/mol. The average molecular weight is 262 g/mol. The smallest absolute Gasteiger partial charge is 0.253 e. The van der Waals surface area contributed by atoms with Gasteiger partial charge in [-0.05, 0) is 51.1 Å². The highest BCUT2D eigenvalue weighted by atomic mass is 16.5. The fraction of sp³-hybridized carbons (Fsp3) is 0.533. The molecule has 1 fully saturated rings. The molecule has 1 heterocycles. The standard InChI is InChI=1S/C15H22N2O2/c1-3-19-14-8-6-12(7-9-14)15(18)17-10-4-5-13(11-17)16-2/h6-9,13,16H,3-5,10-11H2,1-2H3. The Hall–Kier alpha value is -1.55. The number of rotatable bonds is 4. The number of nitrogens with one attached hydrogen (secondary N) is 1. The summed E-state index contributed by atoms with van der Waals surface area (Å²) in [7, 11) is 1.95. The Labute approximate surface area is 114 Å². The first-order valence-electron chi connectivity index (χ1n) is 6.94. The largest absolute Gasteiger partial charge is 0.494 e. The molecule has 1 aromatic carbocycles. The van der Waals surface area contributed by atoms with Gasteiger partial charge in [-0.15, -0.1) is 0 Å². The number of carbonyl (C=O) groups excluding carboxylic acids is 1. The summed E-state index contributed by atoms with van der Waals surface area (Å²) in [6.07, 6.45) is 2.21. The van der Waals surface area contributed by atoms with Crippen LogP contribution in [0.3, 0.4) is 0 Å². The van der Waals surface area contributed by atoms with E-state index in [0.29, 0.717) is 12.6 Å². The van der Waals surface area contributed by atoms with E-state index in [9.17, 15) is 4.79 Å². The van der Waals surface area contributed by atoms with Crippen LogP contribution in [0.5, 0.6) is 5.75 Å². The summed E-state index contributed by atoms with van der Waals surface area (Å²) in [6.45, 7) is 4.24. The van der Waals surface area contributed by atoms with Gasteiger partial charge in [0.05, 0.1) is 6.61 Å². The zero-order chi connectivity index (χ0) is 13.7. The molecule has 1 aliphatic heterocycles. The third kappa shape index (κ3) is 3.47. The summed E-state index contributed by atoms with van der Waals surface area (Å²) >= 11 is 0. The minimum Gasteiger partial charge on any atom is -0.494 e. The van der Waals surface area contributed by atoms with Crippen LogP contribution in [0.25, 0.3) is 0 Å². The van der Waals surface area contributed by atoms with Crippen LogP contribution in [0.2, 0.25) is 0 Å². The molecule has 1 aliphatic rings. The molecule has 0 aromatic heterocycles. The van der Waals surface area contributed by atoms with E-state index >= 15 is 0 Å². The molecule has 0 bridgehead atoms. The van der Waals surface area contributed by atoms with E-state index in [1.807, 2.05) is 43.1 Å². The van der Waals surface area contributed by atoms with Crippen molar-refractivity contribution in [2.75, 3.05) is 26.7 Å². The number of nitrogens with zero attached hydrogens (tertiary/aromatic N) is 1. The normalized spacial score (nSPS) is 19.3. The molecule has 104 valence electrons. The highest BCUT2D eigenvalue weighted by Gasteiger charge is 2.23. The molecule has 4 heteroatoms. The van der Waals surface area contributed by atoms with Gasteiger partial charge in [0.25, 0.3) is 5.91 Å². The van der Waals surface area contributed by atoms with E-state index in [0.717, 1.165) is 37.2 Å². The first kappa shape index (κ1) is 13.9. The monoisotopic (exact) mass is 262 g/mol. The van der Waals surface area contributed by atoms with Crippen LogP contribution >= 0.6 is 0 Å². The van der Waals surface area contributed by atoms with Gasteiger partial charge in [-0.3, -0.25) is 4.79 Å². The Morgan fingerprint density at radius 1 is 1.42 bits per heavy atom. The second-order valence-electron chi connectivity index (χ2n) is 4.84. The molecule has 0 radical (unpaired) electrons. The number of likely N-dealkylation sites (N-methyl/N-ethyl adjacent to an activating group) is 1. The number of ether oxygens (including phenoxy) is 1. The number of carbonyl (C=O) groups is 1. The van der Waals surface area contributed by atoms with Gasteiger partial charge in [0, 0.05) is 24.7 Å². The summed E-state index contributed by atoms with van der Waals surface area (Å²) in [5.74, 6) is 0.925. The van der Waals surface area contributed by atoms with Crippen LogP contribution in [0.15, 0.2) is 24.3 Å². The van der Waals surface area contributed by atoms with Gasteiger partial charge < -0.3 is 15.0 Å². The number of hydrogen-bond acceptors (Lipinski definition) is 3. The first-order chi connectivity index (χ1) is 9.24. The lowest BCUT2D eigenvalue weighted by molar-refractivity contribution is 0.0698. The zero-order valence-corrected chi connectivity index (χ0v) is 11.7. The second kappa shape index (κ2) is 6.57. The zero-order valence-electron chi connectivity index (χ0n) is 11.7. The minimum absolute atomic E-state index is 0.114. The van der Waals surface area contributed by atoms with Gasteiger partial charge in [0.15, 0.2) is 0 Å². The number of likely N-dealkylation sites (tertiary alicyclic amines) is 1. The Morgan fingerprint density at radius 3 is 2.79 bits per heavy atom. The van der Waals surface area contributed by atoms with Crippen molar-refractivity contribution in [3.05, 3.63) is 29.8 Å². The maximum atomic E-state index is 12.4. The Kier molecular flexibility index (Phi) is 4.80. The molecule has 0 aliphatic carbocycles. The Balaban J connectivity index is 2.02. The lowest BCUT2D eigenvalue weighted by Crippen LogP contribution is -2.46. The number of benzene rings is 1. The van der Waals surface area contributed by atoms with Crippen molar-refractivity contribution in [1.29, 1.82) is 0 Å². The summed E-state index contributed by atoms with van der Waals surface area (Å²) in [5, 5.41) is 3.25. The van der Waals surface area contributed by atoms with Crippen LogP contribution in [0, 0.1) is 0 Å². The van der Waals surface area contributed by atoms with Crippen molar-refractivity contribution < 1.29 is 9.53 Å². The first-order valence-corrected chi connectivity index (χ1v) is 6.94. The second-order valence-corrected chi connectivity index (χ2v) is 4.84. The number of piperidine rings is 1. The van der Waals surface area contributed by atoms with Gasteiger partial charge in [0.2, 0.25) is 0 Å². The Bertz CT molecular complexity index is 417. The lowest BCUT2D eigenvalue weighted by Gasteiger charge is -2.32. The van der Waals surface area contributed by atoms with E-state index in [-0.39, 0.29) is 5.91 Å². The van der Waals surface area contributed by atoms with E-state index in [1.54, 1.807) is 0 Å². The summed E-state index contributed by atoms with van der Waals surface area (Å²) in [5.41, 5.74) is 0.736. The third-order valence-electron chi connectivity index (χ3n) is 3.53. The minimum atomic E-state index is 0.114. The highest BCUT2D eigenvalue weighted by molar-refractivity contribution is 5.94. The topological polar surface area (TPSA) is 41.6 Å². The molecule has 19 heavy (non-hydrogen) atoms. The molecule has 1 saturated heterocycles. The fourth-order valence-electron chi connectivity index (χ4n) is 2.44. The summed E-state index contributed by atoms with van der Waals surface area (Å²) < 4.78 is 5.39. The molecule has 4 nitrogen and oxygen atoms in total. The summed E-state index contributed by atoms with van der Waals surface area (Å²) in [6, 6.07) is 7.82. The van der Waals surface area contributed by atoms with Crippen LogP contribution in [0.1, 0.15) is 30.1 Å². The van der Waals surface area contributed by atoms with E-state index in [4.69, 9.17) is 4.74 Å². The number of amides is 1. The fourth-order valence-corrected chi connectivity index (χ4v) is 2.44. The van der Waals surface area contributed by atoms with E-state index in [1.165, 1.54) is 0 Å². The quantitative estimate of drug-likeness (QED) is 0.901. The predicted octanol–water partition coefficient (Wildman–Crippen LogP) is 1.91. The van der Waals surface area contributed by atoms with Gasteiger partial charge in [0.1, 0.15) is 5.75 Å². The van der Waals surface area contributed by atoms with Gasteiger partial charge in [-0.1, -0.05) is 0 Å². The molecule has 0 saturated carbocycles. The molecular weight excluding hydrogens is 240 g/mol. The van der Waals surface area contributed by atoms with E-state index < -0.39 is 0 Å². The van der Waals surface area contributed by atoms with Crippen molar-refractivity contribution in [2.45, 2.75) is 25.8 Å². The molecule has 1 N–H and O–H groups in total. The third-order valence-corrected chi connectivity index (χ3v) is 3.53. The molecule has 1 atom stereocenters. The molecule has 1 amide bonds. The highest BCUT2D eigenvalue weighted by Crippen LogP contribution is 2.16. The van der Waals surface area contributed by atoms with E-state index in [2.05, 4.69) is 5.32 Å². The van der Waals surface area contributed by atoms with Crippen molar-refractivity contribution in [3.63, 3.8) is 0 Å². The van der Waals surface area contributed by atoms with Crippen LogP contribution in [0.4, 0.5) is 0 Å². The van der Waals surface area contributed by atoms with Gasteiger partial charge in [-0.25, -0.2) is 0 Å². The van der Waals surface area contributed by atoms with Gasteiger partial charge in [-0.2, -0.15) is 0 Å². The Morgan fingerprint density at radius 2 is 2.16 bits per heavy atom. The molecular formula is C15H22N2O2. The molecule has 0 spiro atoms. The van der Waals surface area contributed by atoms with Gasteiger partial charge >= 0.3 is 0 Å². The molecule has 2 rings (SSSR count). The molecule has 1 unspecified atom stereocenters. The maximum absolute atomic E-state index is 12.4. The molecule has 1 aromatic rings. The van der Waals surface area contributed by atoms with Crippen molar-refractivity contribution >= 4 is 5.91 Å². The summed E-state index contributed by atoms with van der Waals surface area (Å²) in [4.78, 5) is 14.3. The van der Waals surface area contributed by atoms with Crippen molar-refractivity contribution in [3.8, 4) is 5.75 Å².